The van der Waals surface area contributed by atoms with Gasteiger partial charge in [0.25, 0.3) is 5.91 Å². The van der Waals surface area contributed by atoms with E-state index in [4.69, 9.17) is 10.5 Å². The van der Waals surface area contributed by atoms with Gasteiger partial charge in [-0.1, -0.05) is 12.1 Å². The third-order valence-corrected chi connectivity index (χ3v) is 3.38. The number of rotatable bonds is 5. The Morgan fingerprint density at radius 3 is 2.52 bits per heavy atom. The van der Waals surface area contributed by atoms with Crippen LogP contribution in [0.2, 0.25) is 0 Å². The van der Waals surface area contributed by atoms with Crippen LogP contribution in [-0.4, -0.2) is 23.6 Å². The maximum absolute atomic E-state index is 12.1. The second-order valence-corrected chi connectivity index (χ2v) is 7.26. The Bertz CT molecular complexity index is 496. The van der Waals surface area contributed by atoms with E-state index in [0.717, 1.165) is 10.0 Å². The molecule has 0 aliphatic carbocycles. The molecule has 0 fully saturated rings. The lowest BCUT2D eigenvalue weighted by Gasteiger charge is -2.24. The van der Waals surface area contributed by atoms with Crippen LogP contribution in [0.3, 0.4) is 0 Å². The number of hydrogen-bond acceptors (Lipinski definition) is 3. The van der Waals surface area contributed by atoms with Gasteiger partial charge >= 0.3 is 0 Å². The van der Waals surface area contributed by atoms with Crippen LogP contribution in [0.5, 0.6) is 5.75 Å². The van der Waals surface area contributed by atoms with Gasteiger partial charge in [0.2, 0.25) is 0 Å². The quantitative estimate of drug-likeness (QED) is 0.852. The minimum absolute atomic E-state index is 0.0281. The van der Waals surface area contributed by atoms with Crippen molar-refractivity contribution in [2.45, 2.75) is 58.7 Å². The Kier molecular flexibility index (Phi) is 6.23. The van der Waals surface area contributed by atoms with E-state index < -0.39 is 6.10 Å². The lowest BCUT2D eigenvalue weighted by atomic mass is 10.1. The molecule has 1 aromatic carbocycles. The molecule has 118 valence electrons. The number of nitrogens with one attached hydrogen (secondary N) is 1. The lowest BCUT2D eigenvalue weighted by molar-refractivity contribution is -0.128. The van der Waals surface area contributed by atoms with Crippen molar-refractivity contribution >= 4 is 21.8 Å². The van der Waals surface area contributed by atoms with Crippen LogP contribution in [0.25, 0.3) is 0 Å². The Morgan fingerprint density at radius 2 is 2.00 bits per heavy atom. The summed E-state index contributed by atoms with van der Waals surface area (Å²) in [6.07, 6.45) is 0.123. The lowest BCUT2D eigenvalue weighted by Crippen LogP contribution is -2.46. The molecule has 0 aliphatic heterocycles. The maximum Gasteiger partial charge on any atom is 0.261 e. The van der Waals surface area contributed by atoms with E-state index in [-0.39, 0.29) is 17.5 Å². The molecular formula is C16H25BrN2O2. The highest BCUT2D eigenvalue weighted by molar-refractivity contribution is 9.10. The molecule has 5 heteroatoms. The van der Waals surface area contributed by atoms with E-state index in [1.165, 1.54) is 0 Å². The monoisotopic (exact) mass is 356 g/mol. The van der Waals surface area contributed by atoms with Crippen LogP contribution in [0.1, 0.15) is 40.2 Å². The zero-order valence-electron chi connectivity index (χ0n) is 13.4. The fourth-order valence-corrected chi connectivity index (χ4v) is 2.40. The molecular weight excluding hydrogens is 332 g/mol. The van der Waals surface area contributed by atoms with Gasteiger partial charge in [0.15, 0.2) is 6.10 Å². The minimum Gasteiger partial charge on any atom is -0.479 e. The van der Waals surface area contributed by atoms with Gasteiger partial charge in [0, 0.05) is 11.6 Å². The van der Waals surface area contributed by atoms with Crippen LogP contribution < -0.4 is 15.8 Å². The average molecular weight is 357 g/mol. The smallest absolute Gasteiger partial charge is 0.261 e. The van der Waals surface area contributed by atoms with Crippen molar-refractivity contribution in [3.05, 3.63) is 28.2 Å². The SMILES string of the molecule is CC(N)Cc1cccc(Br)c1OC(C)C(=O)NC(C)(C)C. The predicted octanol–water partition coefficient (Wildman–Crippen LogP) is 3.02. The standard InChI is InChI=1S/C16H25BrN2O2/c1-10(18)9-12-7-6-8-13(17)14(12)21-11(2)15(20)19-16(3,4)5/h6-8,10-11H,9,18H2,1-5H3,(H,19,20). The highest BCUT2D eigenvalue weighted by Crippen LogP contribution is 2.30. The van der Waals surface area contributed by atoms with E-state index in [1.54, 1.807) is 6.92 Å². The average Bonchev–Trinajstić information content (AvgIpc) is 2.30. The van der Waals surface area contributed by atoms with Crippen molar-refractivity contribution in [3.8, 4) is 5.75 Å². The number of amides is 1. The zero-order chi connectivity index (χ0) is 16.2. The maximum atomic E-state index is 12.1. The van der Waals surface area contributed by atoms with Gasteiger partial charge < -0.3 is 15.8 Å². The first kappa shape index (κ1) is 18.0. The number of para-hydroxylation sites is 1. The van der Waals surface area contributed by atoms with Gasteiger partial charge in [0.1, 0.15) is 5.75 Å². The molecule has 0 saturated carbocycles. The molecule has 0 aliphatic rings. The third kappa shape index (κ3) is 6.06. The summed E-state index contributed by atoms with van der Waals surface area (Å²) in [5, 5.41) is 2.91. The van der Waals surface area contributed by atoms with Gasteiger partial charge in [0.05, 0.1) is 4.47 Å². The summed E-state index contributed by atoms with van der Waals surface area (Å²) in [7, 11) is 0. The number of carbonyl (C=O) groups is 1. The molecule has 4 nitrogen and oxygen atoms in total. The Labute approximate surface area is 135 Å². The summed E-state index contributed by atoms with van der Waals surface area (Å²) in [5.41, 5.74) is 6.58. The van der Waals surface area contributed by atoms with Crippen LogP contribution in [0.4, 0.5) is 0 Å². The molecule has 1 amide bonds. The molecule has 0 aromatic heterocycles. The fourth-order valence-electron chi connectivity index (χ4n) is 1.89. The first-order chi connectivity index (χ1) is 9.60. The van der Waals surface area contributed by atoms with Crippen molar-refractivity contribution in [3.63, 3.8) is 0 Å². The second-order valence-electron chi connectivity index (χ2n) is 6.41. The molecule has 0 spiro atoms. The van der Waals surface area contributed by atoms with Gasteiger partial charge in [-0.25, -0.2) is 0 Å². The van der Waals surface area contributed by atoms with Gasteiger partial charge in [-0.3, -0.25) is 4.79 Å². The first-order valence-electron chi connectivity index (χ1n) is 7.12. The summed E-state index contributed by atoms with van der Waals surface area (Å²) >= 11 is 3.48. The van der Waals surface area contributed by atoms with Crippen LogP contribution in [-0.2, 0) is 11.2 Å². The molecule has 1 rings (SSSR count). The van der Waals surface area contributed by atoms with E-state index in [2.05, 4.69) is 21.2 Å². The highest BCUT2D eigenvalue weighted by Gasteiger charge is 2.22. The van der Waals surface area contributed by atoms with Crippen molar-refractivity contribution < 1.29 is 9.53 Å². The van der Waals surface area contributed by atoms with Gasteiger partial charge in [-0.05, 0) is 68.6 Å². The second kappa shape index (κ2) is 7.27. The molecule has 2 unspecified atom stereocenters. The predicted molar refractivity (Wildman–Crippen MR) is 89.5 cm³/mol. The number of ether oxygens (including phenoxy) is 1. The van der Waals surface area contributed by atoms with Gasteiger partial charge in [-0.2, -0.15) is 0 Å². The van der Waals surface area contributed by atoms with Crippen LogP contribution in [0.15, 0.2) is 22.7 Å². The molecule has 1 aromatic rings. The van der Waals surface area contributed by atoms with Crippen molar-refractivity contribution in [1.82, 2.24) is 5.32 Å². The third-order valence-electron chi connectivity index (χ3n) is 2.75. The summed E-state index contributed by atoms with van der Waals surface area (Å²) in [6, 6.07) is 5.83. The highest BCUT2D eigenvalue weighted by atomic mass is 79.9. The molecule has 0 heterocycles. The summed E-state index contributed by atoms with van der Waals surface area (Å²) in [5.74, 6) is 0.552. The van der Waals surface area contributed by atoms with Gasteiger partial charge in [-0.15, -0.1) is 0 Å². The summed E-state index contributed by atoms with van der Waals surface area (Å²) in [6.45, 7) is 9.52. The van der Waals surface area contributed by atoms with E-state index >= 15 is 0 Å². The Morgan fingerprint density at radius 1 is 1.38 bits per heavy atom. The zero-order valence-corrected chi connectivity index (χ0v) is 15.0. The topological polar surface area (TPSA) is 64.3 Å². The number of nitrogens with two attached hydrogens (primary N) is 1. The number of halogens is 1. The Balaban J connectivity index is 2.89. The summed E-state index contributed by atoms with van der Waals surface area (Å²) < 4.78 is 6.70. The van der Waals surface area contributed by atoms with Crippen molar-refractivity contribution in [2.75, 3.05) is 0 Å². The molecule has 3 N–H and O–H groups in total. The number of carbonyl (C=O) groups excluding carboxylic acids is 1. The van der Waals surface area contributed by atoms with Crippen LogP contribution >= 0.6 is 15.9 Å². The number of benzene rings is 1. The first-order valence-corrected chi connectivity index (χ1v) is 7.91. The normalized spacial score (nSPS) is 14.4. The van der Waals surface area contributed by atoms with E-state index in [9.17, 15) is 4.79 Å². The molecule has 2 atom stereocenters. The molecule has 0 bridgehead atoms. The molecule has 0 saturated heterocycles. The fraction of sp³-hybridized carbons (Fsp3) is 0.562. The largest absolute Gasteiger partial charge is 0.479 e. The van der Waals surface area contributed by atoms with Crippen LogP contribution in [0, 0.1) is 0 Å². The summed E-state index contributed by atoms with van der Waals surface area (Å²) in [4.78, 5) is 12.1. The minimum atomic E-state index is -0.574. The van der Waals surface area contributed by atoms with Crippen molar-refractivity contribution in [1.29, 1.82) is 0 Å². The molecule has 0 radical (unpaired) electrons. The Hall–Kier alpha value is -1.07. The van der Waals surface area contributed by atoms with Crippen molar-refractivity contribution in [2.24, 2.45) is 5.73 Å². The number of hydrogen-bond donors (Lipinski definition) is 2. The van der Waals surface area contributed by atoms with E-state index in [1.807, 2.05) is 45.9 Å². The van der Waals surface area contributed by atoms with E-state index in [0.29, 0.717) is 12.2 Å². The molecule has 21 heavy (non-hydrogen) atoms.